The van der Waals surface area contributed by atoms with E-state index < -0.39 is 0 Å². The van der Waals surface area contributed by atoms with Gasteiger partial charge in [0.15, 0.2) is 0 Å². The van der Waals surface area contributed by atoms with Crippen molar-refractivity contribution in [1.29, 1.82) is 0 Å². The first-order valence-corrected chi connectivity index (χ1v) is 9.79. The predicted molar refractivity (Wildman–Crippen MR) is 103 cm³/mol. The number of hydrogen-bond donors (Lipinski definition) is 0. The third-order valence-corrected chi connectivity index (χ3v) is 6.28. The predicted octanol–water partition coefficient (Wildman–Crippen LogP) is 3.46. The van der Waals surface area contributed by atoms with E-state index in [1.54, 1.807) is 17.7 Å². The van der Waals surface area contributed by atoms with Crippen molar-refractivity contribution in [2.24, 2.45) is 18.9 Å². The summed E-state index contributed by atoms with van der Waals surface area (Å²) in [5, 5.41) is 9.59. The number of benzene rings is 1. The number of pyridine rings is 1. The molecule has 5 rings (SSSR count). The first-order chi connectivity index (χ1) is 13.2. The van der Waals surface area contributed by atoms with Crippen molar-refractivity contribution in [2.45, 2.75) is 44.8 Å². The lowest BCUT2D eigenvalue weighted by molar-refractivity contribution is 0.244. The Labute approximate surface area is 157 Å². The van der Waals surface area contributed by atoms with Crippen LogP contribution in [0.15, 0.2) is 41.3 Å². The summed E-state index contributed by atoms with van der Waals surface area (Å²) in [4.78, 5) is 12.2. The zero-order valence-electron chi connectivity index (χ0n) is 15.5. The maximum Gasteiger partial charge on any atom is 0.254 e. The molecule has 0 aliphatic heterocycles. The molecule has 2 aliphatic carbocycles. The molecule has 0 spiro atoms. The van der Waals surface area contributed by atoms with E-state index in [0.29, 0.717) is 18.4 Å². The van der Waals surface area contributed by atoms with Crippen LogP contribution >= 0.6 is 0 Å². The summed E-state index contributed by atoms with van der Waals surface area (Å²) in [7, 11) is 1.78. The summed E-state index contributed by atoms with van der Waals surface area (Å²) in [5.41, 5.74) is 1.59. The maximum absolute atomic E-state index is 12.2. The molecule has 1 aromatic carbocycles. The lowest BCUT2D eigenvalue weighted by Crippen LogP contribution is -2.20. The minimum Gasteiger partial charge on any atom is -0.486 e. The Balaban J connectivity index is 1.34. The SMILES string of the molecule is Cn1c(=O)cc(OCc2cn(C3CC4CCC(C4)C3)nn2)c2ccccc21. The van der Waals surface area contributed by atoms with Crippen LogP contribution in [0, 0.1) is 11.8 Å². The van der Waals surface area contributed by atoms with Gasteiger partial charge in [0, 0.05) is 18.5 Å². The van der Waals surface area contributed by atoms with Gasteiger partial charge in [-0.1, -0.05) is 30.2 Å². The van der Waals surface area contributed by atoms with Gasteiger partial charge in [-0.25, -0.2) is 4.68 Å². The Morgan fingerprint density at radius 2 is 1.93 bits per heavy atom. The summed E-state index contributed by atoms with van der Waals surface area (Å²) in [6.07, 6.45) is 8.61. The van der Waals surface area contributed by atoms with Crippen molar-refractivity contribution in [1.82, 2.24) is 19.6 Å². The smallest absolute Gasteiger partial charge is 0.254 e. The molecule has 6 nitrogen and oxygen atoms in total. The second-order valence-corrected chi connectivity index (χ2v) is 8.07. The highest BCUT2D eigenvalue weighted by molar-refractivity contribution is 5.85. The number of ether oxygens (including phenoxy) is 1. The number of aryl methyl sites for hydroxylation is 1. The molecule has 2 saturated carbocycles. The van der Waals surface area contributed by atoms with Crippen LogP contribution in [-0.4, -0.2) is 19.6 Å². The fourth-order valence-corrected chi connectivity index (χ4v) is 4.90. The van der Waals surface area contributed by atoms with E-state index >= 15 is 0 Å². The summed E-state index contributed by atoms with van der Waals surface area (Å²) in [6.45, 7) is 0.316. The van der Waals surface area contributed by atoms with Gasteiger partial charge in [-0.3, -0.25) is 4.79 Å². The van der Waals surface area contributed by atoms with Crippen LogP contribution in [-0.2, 0) is 13.7 Å². The van der Waals surface area contributed by atoms with Crippen LogP contribution in [0.1, 0.15) is 43.8 Å². The molecular formula is C21H24N4O2. The van der Waals surface area contributed by atoms with Crippen LogP contribution in [0.2, 0.25) is 0 Å². The molecule has 0 N–H and O–H groups in total. The van der Waals surface area contributed by atoms with Crippen LogP contribution in [0.5, 0.6) is 5.75 Å². The molecule has 0 radical (unpaired) electrons. The highest BCUT2D eigenvalue weighted by Gasteiger charge is 2.35. The maximum atomic E-state index is 12.2. The van der Waals surface area contributed by atoms with Gasteiger partial charge in [0.05, 0.1) is 17.8 Å². The van der Waals surface area contributed by atoms with Gasteiger partial charge in [0.25, 0.3) is 5.56 Å². The van der Waals surface area contributed by atoms with Crippen molar-refractivity contribution in [3.05, 3.63) is 52.6 Å². The molecule has 3 aromatic rings. The molecule has 2 fully saturated rings. The molecule has 2 aromatic heterocycles. The number of aromatic nitrogens is 4. The topological polar surface area (TPSA) is 61.9 Å². The number of fused-ring (bicyclic) bond motifs is 3. The van der Waals surface area contributed by atoms with Gasteiger partial charge >= 0.3 is 0 Å². The molecule has 2 aliphatic rings. The number of para-hydroxylation sites is 1. The summed E-state index contributed by atoms with van der Waals surface area (Å²) >= 11 is 0. The molecule has 0 saturated heterocycles. The second-order valence-electron chi connectivity index (χ2n) is 8.07. The Kier molecular flexibility index (Phi) is 3.99. The van der Waals surface area contributed by atoms with Crippen LogP contribution in [0.4, 0.5) is 0 Å². The van der Waals surface area contributed by atoms with Crippen LogP contribution in [0.25, 0.3) is 10.9 Å². The van der Waals surface area contributed by atoms with Crippen LogP contribution < -0.4 is 10.3 Å². The van der Waals surface area contributed by atoms with Crippen molar-refractivity contribution in [3.63, 3.8) is 0 Å². The molecule has 2 heterocycles. The average molecular weight is 364 g/mol. The van der Waals surface area contributed by atoms with Gasteiger partial charge in [-0.2, -0.15) is 0 Å². The summed E-state index contributed by atoms with van der Waals surface area (Å²) in [6, 6.07) is 9.80. The van der Waals surface area contributed by atoms with Gasteiger partial charge in [0.1, 0.15) is 18.1 Å². The Hall–Kier alpha value is -2.63. The molecule has 140 valence electrons. The van der Waals surface area contributed by atoms with Gasteiger partial charge in [-0.15, -0.1) is 5.10 Å². The quantitative estimate of drug-likeness (QED) is 0.711. The van der Waals surface area contributed by atoms with E-state index in [2.05, 4.69) is 10.3 Å². The van der Waals surface area contributed by atoms with Gasteiger partial charge in [-0.05, 0) is 43.2 Å². The molecule has 2 bridgehead atoms. The number of nitrogens with zero attached hydrogens (tertiary/aromatic N) is 4. The standard InChI is InChI=1S/C21H24N4O2/c1-24-19-5-3-2-4-18(19)20(11-21(24)26)27-13-16-12-25(23-22-16)17-9-14-6-7-15(8-14)10-17/h2-5,11-12,14-15,17H,6-10,13H2,1H3. The van der Waals surface area contributed by atoms with E-state index in [1.807, 2.05) is 35.1 Å². The van der Waals surface area contributed by atoms with Crippen molar-refractivity contribution >= 4 is 10.9 Å². The highest BCUT2D eigenvalue weighted by atomic mass is 16.5. The number of rotatable bonds is 4. The Morgan fingerprint density at radius 3 is 2.74 bits per heavy atom. The molecule has 27 heavy (non-hydrogen) atoms. The molecule has 0 amide bonds. The minimum absolute atomic E-state index is 0.0787. The average Bonchev–Trinajstić information content (AvgIpc) is 3.30. The Morgan fingerprint density at radius 1 is 1.15 bits per heavy atom. The van der Waals surface area contributed by atoms with E-state index in [4.69, 9.17) is 4.74 Å². The zero-order chi connectivity index (χ0) is 18.4. The summed E-state index contributed by atoms with van der Waals surface area (Å²) in [5.74, 6) is 2.33. The second kappa shape index (κ2) is 6.51. The molecule has 2 atom stereocenters. The van der Waals surface area contributed by atoms with Crippen molar-refractivity contribution in [3.8, 4) is 5.75 Å². The van der Waals surface area contributed by atoms with Gasteiger partial charge in [0.2, 0.25) is 0 Å². The van der Waals surface area contributed by atoms with Crippen molar-refractivity contribution < 1.29 is 4.74 Å². The fraction of sp³-hybridized carbons (Fsp3) is 0.476. The fourth-order valence-electron chi connectivity index (χ4n) is 4.90. The van der Waals surface area contributed by atoms with Gasteiger partial charge < -0.3 is 9.30 Å². The molecule has 2 unspecified atom stereocenters. The van der Waals surface area contributed by atoms with E-state index in [9.17, 15) is 4.79 Å². The normalized spacial score (nSPS) is 24.4. The minimum atomic E-state index is -0.0787. The van der Waals surface area contributed by atoms with Crippen molar-refractivity contribution in [2.75, 3.05) is 0 Å². The van der Waals surface area contributed by atoms with E-state index in [-0.39, 0.29) is 5.56 Å². The molecular weight excluding hydrogens is 340 g/mol. The largest absolute Gasteiger partial charge is 0.486 e. The van der Waals surface area contributed by atoms with E-state index in [0.717, 1.165) is 28.4 Å². The van der Waals surface area contributed by atoms with E-state index in [1.165, 1.54) is 32.1 Å². The first-order valence-electron chi connectivity index (χ1n) is 9.79. The Bertz CT molecular complexity index is 1030. The lowest BCUT2D eigenvalue weighted by Gasteiger charge is -2.27. The first kappa shape index (κ1) is 16.5. The summed E-state index contributed by atoms with van der Waals surface area (Å²) < 4.78 is 9.64. The monoisotopic (exact) mass is 364 g/mol. The zero-order valence-corrected chi connectivity index (χ0v) is 15.5. The van der Waals surface area contributed by atoms with Crippen LogP contribution in [0.3, 0.4) is 0 Å². The molecule has 6 heteroatoms. The third kappa shape index (κ3) is 3.03. The lowest BCUT2D eigenvalue weighted by atomic mass is 9.85. The highest BCUT2D eigenvalue weighted by Crippen LogP contribution is 2.46. The number of hydrogen-bond acceptors (Lipinski definition) is 4. The third-order valence-electron chi connectivity index (χ3n) is 6.28.